The standard InChI is InChI=1S/C22H19N3O7/c1-27-17-8-7-14(10-18(17)28-2)21-24-20(25-32-21)13-5-4-6-15(9-13)30-12-19-23-16(11-31-19)22(26)29-3/h4-11H,12H2,1-3H3. The van der Waals surface area contributed by atoms with Crippen molar-refractivity contribution in [3.8, 4) is 40.1 Å². The molecule has 0 spiro atoms. The fraction of sp³-hybridized carbons (Fsp3) is 0.182. The van der Waals surface area contributed by atoms with Crippen LogP contribution < -0.4 is 14.2 Å². The van der Waals surface area contributed by atoms with E-state index in [-0.39, 0.29) is 18.2 Å². The number of ether oxygens (including phenoxy) is 4. The van der Waals surface area contributed by atoms with Crippen LogP contribution in [-0.4, -0.2) is 42.4 Å². The maximum Gasteiger partial charge on any atom is 0.360 e. The summed E-state index contributed by atoms with van der Waals surface area (Å²) in [5, 5.41) is 4.06. The minimum Gasteiger partial charge on any atom is -0.493 e. The SMILES string of the molecule is COC(=O)c1coc(COc2cccc(-c3noc(-c4ccc(OC)c(OC)c4)n3)c2)n1. The van der Waals surface area contributed by atoms with E-state index in [2.05, 4.69) is 19.9 Å². The van der Waals surface area contributed by atoms with Crippen molar-refractivity contribution >= 4 is 5.97 Å². The van der Waals surface area contributed by atoms with E-state index in [1.54, 1.807) is 50.6 Å². The molecule has 4 rings (SSSR count). The zero-order chi connectivity index (χ0) is 22.5. The molecule has 0 saturated heterocycles. The highest BCUT2D eigenvalue weighted by Crippen LogP contribution is 2.32. The lowest BCUT2D eigenvalue weighted by Gasteiger charge is -2.07. The normalized spacial score (nSPS) is 10.6. The number of carbonyl (C=O) groups excluding carboxylic acids is 1. The molecular weight excluding hydrogens is 418 g/mol. The van der Waals surface area contributed by atoms with E-state index in [1.807, 2.05) is 6.07 Å². The van der Waals surface area contributed by atoms with Crippen LogP contribution in [0.5, 0.6) is 17.2 Å². The summed E-state index contributed by atoms with van der Waals surface area (Å²) in [5.41, 5.74) is 1.47. The Morgan fingerprint density at radius 2 is 1.81 bits per heavy atom. The summed E-state index contributed by atoms with van der Waals surface area (Å²) in [6.45, 7) is 0.0313. The minimum absolute atomic E-state index is 0.0313. The lowest BCUT2D eigenvalue weighted by atomic mass is 10.2. The molecule has 0 radical (unpaired) electrons. The van der Waals surface area contributed by atoms with Gasteiger partial charge in [-0.2, -0.15) is 4.98 Å². The van der Waals surface area contributed by atoms with Crippen LogP contribution in [0.3, 0.4) is 0 Å². The predicted molar refractivity (Wildman–Crippen MR) is 110 cm³/mol. The molecule has 0 unspecified atom stereocenters. The van der Waals surface area contributed by atoms with Gasteiger partial charge in [0.15, 0.2) is 23.8 Å². The van der Waals surface area contributed by atoms with Crippen molar-refractivity contribution in [2.24, 2.45) is 0 Å². The number of methoxy groups -OCH3 is 3. The van der Waals surface area contributed by atoms with Crippen LogP contribution in [0.1, 0.15) is 16.4 Å². The first kappa shape index (κ1) is 20.9. The van der Waals surface area contributed by atoms with Gasteiger partial charge in [-0.3, -0.25) is 0 Å². The van der Waals surface area contributed by atoms with Crippen molar-refractivity contribution in [1.82, 2.24) is 15.1 Å². The maximum absolute atomic E-state index is 11.5. The van der Waals surface area contributed by atoms with Gasteiger partial charge < -0.3 is 27.9 Å². The van der Waals surface area contributed by atoms with Gasteiger partial charge in [0.25, 0.3) is 5.89 Å². The monoisotopic (exact) mass is 437 g/mol. The Morgan fingerprint density at radius 1 is 0.969 bits per heavy atom. The topological polar surface area (TPSA) is 119 Å². The Morgan fingerprint density at radius 3 is 2.59 bits per heavy atom. The molecule has 2 heterocycles. The van der Waals surface area contributed by atoms with Crippen molar-refractivity contribution in [2.45, 2.75) is 6.61 Å². The fourth-order valence-electron chi connectivity index (χ4n) is 2.87. The van der Waals surface area contributed by atoms with E-state index in [1.165, 1.54) is 13.4 Å². The Hall–Kier alpha value is -4.34. The van der Waals surface area contributed by atoms with Gasteiger partial charge in [-0.05, 0) is 30.3 Å². The summed E-state index contributed by atoms with van der Waals surface area (Å²) in [6.07, 6.45) is 1.22. The maximum atomic E-state index is 11.5. The summed E-state index contributed by atoms with van der Waals surface area (Å²) in [6, 6.07) is 12.5. The third-order valence-electron chi connectivity index (χ3n) is 4.46. The van der Waals surface area contributed by atoms with E-state index in [9.17, 15) is 4.79 Å². The van der Waals surface area contributed by atoms with Crippen molar-refractivity contribution in [1.29, 1.82) is 0 Å². The Kier molecular flexibility index (Phi) is 6.02. The van der Waals surface area contributed by atoms with E-state index in [0.29, 0.717) is 40.1 Å². The zero-order valence-electron chi connectivity index (χ0n) is 17.5. The van der Waals surface area contributed by atoms with Gasteiger partial charge in [0, 0.05) is 11.1 Å². The molecule has 0 aliphatic heterocycles. The lowest BCUT2D eigenvalue weighted by molar-refractivity contribution is 0.0594. The quantitative estimate of drug-likeness (QED) is 0.377. The molecule has 0 N–H and O–H groups in total. The smallest absolute Gasteiger partial charge is 0.360 e. The third-order valence-corrected chi connectivity index (χ3v) is 4.46. The molecule has 0 bridgehead atoms. The highest BCUT2D eigenvalue weighted by Gasteiger charge is 2.15. The van der Waals surface area contributed by atoms with Gasteiger partial charge in [-0.1, -0.05) is 17.3 Å². The largest absolute Gasteiger partial charge is 0.493 e. The third kappa shape index (κ3) is 4.38. The van der Waals surface area contributed by atoms with E-state index < -0.39 is 5.97 Å². The van der Waals surface area contributed by atoms with Crippen LogP contribution >= 0.6 is 0 Å². The molecule has 10 nitrogen and oxygen atoms in total. The van der Waals surface area contributed by atoms with Crippen molar-refractivity contribution in [2.75, 3.05) is 21.3 Å². The number of benzene rings is 2. The number of hydrogen-bond acceptors (Lipinski definition) is 10. The molecule has 4 aromatic rings. The number of nitrogens with zero attached hydrogens (tertiary/aromatic N) is 3. The molecule has 32 heavy (non-hydrogen) atoms. The second-order valence-corrected chi connectivity index (χ2v) is 6.43. The summed E-state index contributed by atoms with van der Waals surface area (Å²) in [4.78, 5) is 19.9. The number of carbonyl (C=O) groups is 1. The van der Waals surface area contributed by atoms with E-state index >= 15 is 0 Å². The van der Waals surface area contributed by atoms with Crippen molar-refractivity contribution in [3.05, 3.63) is 60.3 Å². The number of oxazole rings is 1. The lowest BCUT2D eigenvalue weighted by Crippen LogP contribution is -2.02. The molecule has 0 amide bonds. The van der Waals surface area contributed by atoms with Crippen LogP contribution in [-0.2, 0) is 11.3 Å². The van der Waals surface area contributed by atoms with Crippen LogP contribution in [0.25, 0.3) is 22.8 Å². The summed E-state index contributed by atoms with van der Waals surface area (Å²) in [7, 11) is 4.39. The molecule has 0 aliphatic carbocycles. The van der Waals surface area contributed by atoms with Gasteiger partial charge in [-0.25, -0.2) is 9.78 Å². The number of aromatic nitrogens is 3. The van der Waals surface area contributed by atoms with Gasteiger partial charge in [0.2, 0.25) is 11.7 Å². The minimum atomic E-state index is -0.579. The summed E-state index contributed by atoms with van der Waals surface area (Å²) < 4.78 is 31.5. The number of esters is 1. The van der Waals surface area contributed by atoms with Crippen LogP contribution in [0.2, 0.25) is 0 Å². The highest BCUT2D eigenvalue weighted by atomic mass is 16.5. The molecule has 2 aromatic carbocycles. The molecular formula is C22H19N3O7. The zero-order valence-corrected chi connectivity index (χ0v) is 17.5. The Bertz CT molecular complexity index is 1230. The highest BCUT2D eigenvalue weighted by molar-refractivity contribution is 5.86. The molecule has 164 valence electrons. The predicted octanol–water partition coefficient (Wildman–Crippen LogP) is 3.77. The van der Waals surface area contributed by atoms with E-state index in [0.717, 1.165) is 0 Å². The molecule has 10 heteroatoms. The summed E-state index contributed by atoms with van der Waals surface area (Å²) in [5.74, 6) is 2.09. The first-order valence-electron chi connectivity index (χ1n) is 9.43. The van der Waals surface area contributed by atoms with Gasteiger partial charge >= 0.3 is 5.97 Å². The van der Waals surface area contributed by atoms with E-state index in [4.69, 9.17) is 23.2 Å². The molecule has 0 atom stereocenters. The van der Waals surface area contributed by atoms with Crippen LogP contribution in [0, 0.1) is 0 Å². The average Bonchev–Trinajstić information content (AvgIpc) is 3.52. The Labute approximate surface area is 182 Å². The van der Waals surface area contributed by atoms with Crippen LogP contribution in [0.15, 0.2) is 57.7 Å². The fourth-order valence-corrected chi connectivity index (χ4v) is 2.87. The molecule has 0 aliphatic rings. The van der Waals surface area contributed by atoms with Gasteiger partial charge in [0.05, 0.1) is 21.3 Å². The first-order chi connectivity index (χ1) is 15.6. The van der Waals surface area contributed by atoms with Crippen molar-refractivity contribution in [3.63, 3.8) is 0 Å². The second-order valence-electron chi connectivity index (χ2n) is 6.43. The van der Waals surface area contributed by atoms with Crippen LogP contribution in [0.4, 0.5) is 0 Å². The Balaban J connectivity index is 1.49. The summed E-state index contributed by atoms with van der Waals surface area (Å²) >= 11 is 0. The molecule has 2 aromatic heterocycles. The first-order valence-corrected chi connectivity index (χ1v) is 9.43. The van der Waals surface area contributed by atoms with Gasteiger partial charge in [0.1, 0.15) is 12.0 Å². The number of rotatable bonds is 8. The second kappa shape index (κ2) is 9.21. The number of hydrogen-bond donors (Lipinski definition) is 0. The average molecular weight is 437 g/mol. The van der Waals surface area contributed by atoms with Gasteiger partial charge in [-0.15, -0.1) is 0 Å². The van der Waals surface area contributed by atoms with Crippen molar-refractivity contribution < 1.29 is 32.7 Å². The molecule has 0 saturated carbocycles. The molecule has 0 fully saturated rings.